The highest BCUT2D eigenvalue weighted by Crippen LogP contribution is 2.13. The van der Waals surface area contributed by atoms with Gasteiger partial charge < -0.3 is 14.8 Å². The first-order chi connectivity index (χ1) is 6.50. The van der Waals surface area contributed by atoms with Gasteiger partial charge in [0.25, 0.3) is 0 Å². The lowest BCUT2D eigenvalue weighted by Gasteiger charge is -2.09. The zero-order valence-corrected chi connectivity index (χ0v) is 6.82. The molecule has 0 amide bonds. The van der Waals surface area contributed by atoms with E-state index in [1.807, 2.05) is 0 Å². The van der Waals surface area contributed by atoms with E-state index in [4.69, 9.17) is 10.0 Å². The summed E-state index contributed by atoms with van der Waals surface area (Å²) >= 11 is 0. The van der Waals surface area contributed by atoms with Crippen molar-refractivity contribution in [2.45, 2.75) is 6.61 Å². The molecule has 0 saturated carbocycles. The van der Waals surface area contributed by atoms with E-state index < -0.39 is 25.3 Å². The summed E-state index contributed by atoms with van der Waals surface area (Å²) in [5, 5.41) is 17.4. The van der Waals surface area contributed by atoms with Crippen molar-refractivity contribution in [1.82, 2.24) is 0 Å². The second-order valence-corrected chi connectivity index (χ2v) is 2.43. The Hall–Kier alpha value is -1.21. The second-order valence-electron chi connectivity index (χ2n) is 2.43. The van der Waals surface area contributed by atoms with Crippen LogP contribution in [0, 0.1) is 5.82 Å². The quantitative estimate of drug-likeness (QED) is 0.689. The molecule has 3 nitrogen and oxygen atoms in total. The van der Waals surface area contributed by atoms with Gasteiger partial charge in [0.2, 0.25) is 0 Å². The van der Waals surface area contributed by atoms with Crippen molar-refractivity contribution in [3.8, 4) is 5.75 Å². The Morgan fingerprint density at radius 2 is 1.93 bits per heavy atom. The molecule has 0 spiro atoms. The van der Waals surface area contributed by atoms with Crippen LogP contribution in [0.15, 0.2) is 18.2 Å². The molecule has 0 fully saturated rings. The molecule has 0 aliphatic rings. The molecule has 76 valence electrons. The van der Waals surface area contributed by atoms with Gasteiger partial charge in [0.15, 0.2) is 0 Å². The van der Waals surface area contributed by atoms with E-state index in [-0.39, 0.29) is 5.46 Å². The van der Waals surface area contributed by atoms with Gasteiger partial charge in [0.05, 0.1) is 0 Å². The largest absolute Gasteiger partial charge is 0.492 e. The average molecular weight is 206 g/mol. The number of hydrogen-bond acceptors (Lipinski definition) is 3. The smallest absolute Gasteiger partial charge is 0.435 e. The van der Waals surface area contributed by atoms with Crippen molar-refractivity contribution >= 4 is 12.6 Å². The maximum Gasteiger partial charge on any atom is 0.492 e. The molecular formula is C7H6BF3O3. The maximum atomic E-state index is 12.6. The number of halogens is 3. The van der Waals surface area contributed by atoms with Crippen LogP contribution >= 0.6 is 0 Å². The number of benzene rings is 1. The van der Waals surface area contributed by atoms with E-state index in [0.29, 0.717) is 6.07 Å². The highest BCUT2D eigenvalue weighted by molar-refractivity contribution is 6.59. The van der Waals surface area contributed by atoms with Crippen LogP contribution in [-0.2, 0) is 0 Å². The average Bonchev–Trinajstić information content (AvgIpc) is 2.01. The molecular weight excluding hydrogens is 200 g/mol. The molecule has 0 heterocycles. The third kappa shape index (κ3) is 2.64. The topological polar surface area (TPSA) is 49.7 Å². The van der Waals surface area contributed by atoms with Crippen LogP contribution in [0.1, 0.15) is 0 Å². The summed E-state index contributed by atoms with van der Waals surface area (Å²) in [5.74, 6) is -1.39. The Balaban J connectivity index is 3.03. The van der Waals surface area contributed by atoms with Crippen molar-refractivity contribution in [2.75, 3.05) is 0 Å². The Labute approximate surface area is 77.9 Å². The first-order valence-electron chi connectivity index (χ1n) is 3.61. The number of hydrogen-bond donors (Lipinski definition) is 2. The predicted octanol–water partition coefficient (Wildman–Crippen LogP) is 0.107. The minimum absolute atomic E-state index is 0.313. The standard InChI is InChI=1S/C7H6BF3O3/c9-4-1-2-5(8(12)13)6(3-4)14-7(10)11/h1-3,7,12-13H. The summed E-state index contributed by atoms with van der Waals surface area (Å²) in [6, 6.07) is 2.52. The molecule has 0 aliphatic heterocycles. The zero-order valence-electron chi connectivity index (χ0n) is 6.82. The third-order valence-electron chi connectivity index (χ3n) is 1.47. The molecule has 2 N–H and O–H groups in total. The van der Waals surface area contributed by atoms with Crippen molar-refractivity contribution in [2.24, 2.45) is 0 Å². The number of ether oxygens (including phenoxy) is 1. The summed E-state index contributed by atoms with van der Waals surface area (Å²) in [7, 11) is -1.98. The summed E-state index contributed by atoms with van der Waals surface area (Å²) in [6.45, 7) is -3.14. The maximum absolute atomic E-state index is 12.6. The molecule has 7 heteroatoms. The fourth-order valence-corrected chi connectivity index (χ4v) is 0.920. The van der Waals surface area contributed by atoms with Crippen LogP contribution in [0.2, 0.25) is 0 Å². The minimum atomic E-state index is -3.14. The summed E-state index contributed by atoms with van der Waals surface area (Å²) < 4.78 is 40.0. The zero-order chi connectivity index (χ0) is 10.7. The normalized spacial score (nSPS) is 10.4. The molecule has 1 rings (SSSR count). The Bertz CT molecular complexity index is 319. The molecule has 0 aliphatic carbocycles. The lowest BCUT2D eigenvalue weighted by Crippen LogP contribution is -2.32. The van der Waals surface area contributed by atoms with Gasteiger partial charge in [-0.15, -0.1) is 0 Å². The molecule has 0 aromatic heterocycles. The van der Waals surface area contributed by atoms with Crippen molar-refractivity contribution in [1.29, 1.82) is 0 Å². The molecule has 1 aromatic carbocycles. The van der Waals surface area contributed by atoms with E-state index in [1.165, 1.54) is 0 Å². The van der Waals surface area contributed by atoms with Gasteiger partial charge >= 0.3 is 13.7 Å². The summed E-state index contributed by atoms with van der Waals surface area (Å²) in [4.78, 5) is 0. The first kappa shape index (κ1) is 10.9. The van der Waals surface area contributed by atoms with Gasteiger partial charge in [-0.2, -0.15) is 8.78 Å². The molecule has 1 aromatic rings. The highest BCUT2D eigenvalue weighted by atomic mass is 19.3. The minimum Gasteiger partial charge on any atom is -0.435 e. The van der Waals surface area contributed by atoms with Gasteiger partial charge in [-0.1, -0.05) is 6.07 Å². The van der Waals surface area contributed by atoms with Crippen molar-refractivity contribution in [3.63, 3.8) is 0 Å². The Kier molecular flexibility index (Phi) is 3.37. The van der Waals surface area contributed by atoms with Crippen LogP contribution in [0.5, 0.6) is 5.75 Å². The van der Waals surface area contributed by atoms with Crippen LogP contribution in [0.25, 0.3) is 0 Å². The SMILES string of the molecule is OB(O)c1ccc(F)cc1OC(F)F. The predicted molar refractivity (Wildman–Crippen MR) is 42.9 cm³/mol. The fourth-order valence-electron chi connectivity index (χ4n) is 0.920. The molecule has 0 atom stereocenters. The summed E-state index contributed by atoms with van der Waals surface area (Å²) in [5.41, 5.74) is -0.313. The van der Waals surface area contributed by atoms with Crippen molar-refractivity contribution < 1.29 is 28.0 Å². The Morgan fingerprint density at radius 1 is 1.29 bits per heavy atom. The van der Waals surface area contributed by atoms with Gasteiger partial charge in [0.1, 0.15) is 11.6 Å². The van der Waals surface area contributed by atoms with Crippen LogP contribution in [0.4, 0.5) is 13.2 Å². The fraction of sp³-hybridized carbons (Fsp3) is 0.143. The van der Waals surface area contributed by atoms with Gasteiger partial charge in [-0.05, 0) is 6.07 Å². The van der Waals surface area contributed by atoms with E-state index in [0.717, 1.165) is 12.1 Å². The number of rotatable bonds is 3. The van der Waals surface area contributed by atoms with E-state index in [9.17, 15) is 13.2 Å². The molecule has 0 bridgehead atoms. The summed E-state index contributed by atoms with van der Waals surface area (Å²) in [6.07, 6.45) is 0. The van der Waals surface area contributed by atoms with Crippen LogP contribution in [-0.4, -0.2) is 23.8 Å². The van der Waals surface area contributed by atoms with E-state index in [2.05, 4.69) is 4.74 Å². The molecule has 0 saturated heterocycles. The number of alkyl halides is 2. The Morgan fingerprint density at radius 3 is 2.43 bits per heavy atom. The molecule has 14 heavy (non-hydrogen) atoms. The van der Waals surface area contributed by atoms with Crippen LogP contribution in [0.3, 0.4) is 0 Å². The van der Waals surface area contributed by atoms with E-state index >= 15 is 0 Å². The lowest BCUT2D eigenvalue weighted by atomic mass is 9.79. The van der Waals surface area contributed by atoms with Gasteiger partial charge in [0, 0.05) is 11.5 Å². The lowest BCUT2D eigenvalue weighted by molar-refractivity contribution is -0.0493. The van der Waals surface area contributed by atoms with Gasteiger partial charge in [-0.3, -0.25) is 0 Å². The van der Waals surface area contributed by atoms with Gasteiger partial charge in [-0.25, -0.2) is 4.39 Å². The highest BCUT2D eigenvalue weighted by Gasteiger charge is 2.19. The third-order valence-corrected chi connectivity index (χ3v) is 1.47. The second kappa shape index (κ2) is 4.34. The van der Waals surface area contributed by atoms with Crippen molar-refractivity contribution in [3.05, 3.63) is 24.0 Å². The van der Waals surface area contributed by atoms with E-state index in [1.54, 1.807) is 0 Å². The first-order valence-corrected chi connectivity index (χ1v) is 3.61. The molecule has 0 unspecified atom stereocenters. The monoisotopic (exact) mass is 206 g/mol. The van der Waals surface area contributed by atoms with Crippen LogP contribution < -0.4 is 10.2 Å². The molecule has 0 radical (unpaired) electrons.